The first kappa shape index (κ1) is 8.85. The van der Waals surface area contributed by atoms with Crippen molar-refractivity contribution in [3.05, 3.63) is 40.9 Å². The van der Waals surface area contributed by atoms with Crippen LogP contribution in [0.4, 0.5) is 0 Å². The normalized spacial score (nSPS) is 16.1. The Kier molecular flexibility index (Phi) is 2.92. The van der Waals surface area contributed by atoms with Gasteiger partial charge in [0.15, 0.2) is 0 Å². The number of nitrogens with two attached hydrogens (primary N) is 1. The lowest BCUT2D eigenvalue weighted by molar-refractivity contribution is 0.307. The molecule has 0 unspecified atom stereocenters. The zero-order chi connectivity index (χ0) is 8.97. The van der Waals surface area contributed by atoms with Crippen LogP contribution in [-0.4, -0.2) is 13.7 Å². The monoisotopic (exact) mass is 163 g/mol. The van der Waals surface area contributed by atoms with Crippen molar-refractivity contribution in [2.75, 3.05) is 13.7 Å². The number of hydrogen-bond donors (Lipinski definition) is 1. The molecule has 2 heteroatoms. The zero-order valence-corrected chi connectivity index (χ0v) is 7.42. The summed E-state index contributed by atoms with van der Waals surface area (Å²) in [6.07, 6.45) is 5.74. The molecule has 0 saturated carbocycles. The minimum atomic E-state index is 0.528. The van der Waals surface area contributed by atoms with Crippen LogP contribution in [0.3, 0.4) is 0 Å². The third-order valence-corrected chi connectivity index (χ3v) is 1.64. The standard InChI is InChI=1S/C10H13NO/c1-8-3-4-10(12-2)6-9(5-8)7-11/h4-6H,7,11H2,1-2H3. The highest BCUT2D eigenvalue weighted by Gasteiger charge is 1.97. The summed E-state index contributed by atoms with van der Waals surface area (Å²) in [4.78, 5) is 0. The molecule has 2 N–H and O–H groups in total. The summed E-state index contributed by atoms with van der Waals surface area (Å²) in [7, 11) is 1.64. The predicted molar refractivity (Wildman–Crippen MR) is 49.5 cm³/mol. The van der Waals surface area contributed by atoms with E-state index in [-0.39, 0.29) is 0 Å². The van der Waals surface area contributed by atoms with Gasteiger partial charge in [-0.15, -0.1) is 5.73 Å². The Hall–Kier alpha value is -1.24. The molecule has 0 aromatic rings. The van der Waals surface area contributed by atoms with Gasteiger partial charge in [0.25, 0.3) is 0 Å². The van der Waals surface area contributed by atoms with Gasteiger partial charge in [-0.05, 0) is 30.2 Å². The van der Waals surface area contributed by atoms with Gasteiger partial charge >= 0.3 is 0 Å². The number of methoxy groups -OCH3 is 1. The highest BCUT2D eigenvalue weighted by atomic mass is 16.5. The van der Waals surface area contributed by atoms with Crippen LogP contribution in [0.2, 0.25) is 0 Å². The average Bonchev–Trinajstić information content (AvgIpc) is 2.26. The predicted octanol–water partition coefficient (Wildman–Crippen LogP) is 1.52. The molecule has 0 aromatic carbocycles. The maximum absolute atomic E-state index is 5.53. The Morgan fingerprint density at radius 3 is 2.83 bits per heavy atom. The lowest BCUT2D eigenvalue weighted by atomic mass is 10.2. The number of hydrogen-bond acceptors (Lipinski definition) is 2. The lowest BCUT2D eigenvalue weighted by Crippen LogP contribution is -2.01. The van der Waals surface area contributed by atoms with E-state index >= 15 is 0 Å². The van der Waals surface area contributed by atoms with Crippen LogP contribution in [0.1, 0.15) is 6.92 Å². The van der Waals surface area contributed by atoms with Crippen LogP contribution < -0.4 is 5.73 Å². The van der Waals surface area contributed by atoms with Crippen LogP contribution in [0.5, 0.6) is 0 Å². The second-order valence-corrected chi connectivity index (χ2v) is 2.65. The molecule has 0 radical (unpaired) electrons. The van der Waals surface area contributed by atoms with Crippen molar-refractivity contribution < 1.29 is 4.74 Å². The lowest BCUT2D eigenvalue weighted by Gasteiger charge is -1.99. The molecule has 0 amide bonds. The van der Waals surface area contributed by atoms with E-state index < -0.39 is 0 Å². The van der Waals surface area contributed by atoms with Crippen LogP contribution >= 0.6 is 0 Å². The van der Waals surface area contributed by atoms with Gasteiger partial charge in [-0.3, -0.25) is 0 Å². The van der Waals surface area contributed by atoms with E-state index in [0.29, 0.717) is 6.54 Å². The molecule has 0 bridgehead atoms. The fraction of sp³-hybridized carbons (Fsp3) is 0.300. The van der Waals surface area contributed by atoms with E-state index in [1.54, 1.807) is 7.11 Å². The Labute approximate surface area is 72.7 Å². The van der Waals surface area contributed by atoms with Gasteiger partial charge in [-0.1, -0.05) is 0 Å². The molecule has 0 atom stereocenters. The quantitative estimate of drug-likeness (QED) is 0.626. The molecule has 0 saturated heterocycles. The first-order valence-electron chi connectivity index (χ1n) is 3.86. The second-order valence-electron chi connectivity index (χ2n) is 2.65. The summed E-state index contributed by atoms with van der Waals surface area (Å²) in [5, 5.41) is 0. The van der Waals surface area contributed by atoms with Gasteiger partial charge < -0.3 is 10.5 Å². The second kappa shape index (κ2) is 3.96. The summed E-state index contributed by atoms with van der Waals surface area (Å²) in [5.74, 6) is 0.795. The third kappa shape index (κ3) is 2.12. The molecule has 1 aliphatic rings. The molecule has 0 aliphatic heterocycles. The minimum Gasteiger partial charge on any atom is -0.496 e. The maximum atomic E-state index is 5.53. The van der Waals surface area contributed by atoms with Crippen LogP contribution in [-0.2, 0) is 4.74 Å². The van der Waals surface area contributed by atoms with E-state index in [2.05, 4.69) is 5.73 Å². The zero-order valence-electron chi connectivity index (χ0n) is 7.42. The topological polar surface area (TPSA) is 35.2 Å². The minimum absolute atomic E-state index is 0.528. The molecule has 64 valence electrons. The molecular weight excluding hydrogens is 150 g/mol. The molecule has 0 heterocycles. The van der Waals surface area contributed by atoms with E-state index in [9.17, 15) is 0 Å². The van der Waals surface area contributed by atoms with Crippen molar-refractivity contribution >= 4 is 0 Å². The Balaban J connectivity index is 3.01. The van der Waals surface area contributed by atoms with Crippen molar-refractivity contribution in [3.8, 4) is 0 Å². The van der Waals surface area contributed by atoms with Gasteiger partial charge in [-0.25, -0.2) is 0 Å². The van der Waals surface area contributed by atoms with Crippen LogP contribution in [0.25, 0.3) is 0 Å². The average molecular weight is 163 g/mol. The van der Waals surface area contributed by atoms with E-state index in [0.717, 1.165) is 16.9 Å². The molecule has 1 rings (SSSR count). The molecular formula is C10H13NO. The van der Waals surface area contributed by atoms with Crippen molar-refractivity contribution in [1.82, 2.24) is 0 Å². The summed E-state index contributed by atoms with van der Waals surface area (Å²) in [6, 6.07) is 0. The Morgan fingerprint density at radius 1 is 1.50 bits per heavy atom. The third-order valence-electron chi connectivity index (χ3n) is 1.64. The number of ether oxygens (including phenoxy) is 1. The van der Waals surface area contributed by atoms with Gasteiger partial charge in [0.2, 0.25) is 0 Å². The van der Waals surface area contributed by atoms with Gasteiger partial charge in [0.1, 0.15) is 5.76 Å². The van der Waals surface area contributed by atoms with Crippen LogP contribution in [0, 0.1) is 0 Å². The largest absolute Gasteiger partial charge is 0.496 e. The molecule has 1 aliphatic carbocycles. The summed E-state index contributed by atoms with van der Waals surface area (Å²) in [6.45, 7) is 2.51. The van der Waals surface area contributed by atoms with Crippen molar-refractivity contribution in [2.45, 2.75) is 6.92 Å². The molecule has 0 spiro atoms. The number of rotatable bonds is 2. The fourth-order valence-corrected chi connectivity index (χ4v) is 1.01. The van der Waals surface area contributed by atoms with Gasteiger partial charge in [0.05, 0.1) is 7.11 Å². The van der Waals surface area contributed by atoms with E-state index in [1.807, 2.05) is 25.2 Å². The Bertz CT molecular complexity index is 291. The van der Waals surface area contributed by atoms with Crippen LogP contribution in [0.15, 0.2) is 40.9 Å². The van der Waals surface area contributed by atoms with Crippen molar-refractivity contribution in [2.24, 2.45) is 5.73 Å². The first-order chi connectivity index (χ1) is 5.76. The summed E-state index contributed by atoms with van der Waals surface area (Å²) < 4.78 is 5.08. The molecule has 2 nitrogen and oxygen atoms in total. The fourth-order valence-electron chi connectivity index (χ4n) is 1.01. The van der Waals surface area contributed by atoms with Gasteiger partial charge in [0, 0.05) is 12.6 Å². The highest BCUT2D eigenvalue weighted by molar-refractivity contribution is 5.37. The highest BCUT2D eigenvalue weighted by Crippen LogP contribution is 2.10. The van der Waals surface area contributed by atoms with Crippen molar-refractivity contribution in [3.63, 3.8) is 0 Å². The maximum Gasteiger partial charge on any atom is 0.126 e. The SMILES string of the molecule is COC1=CC(CN)=CC(C)=C=C1. The smallest absolute Gasteiger partial charge is 0.126 e. The summed E-state index contributed by atoms with van der Waals surface area (Å²) in [5.41, 5.74) is 10.7. The van der Waals surface area contributed by atoms with Gasteiger partial charge in [-0.2, -0.15) is 0 Å². The molecule has 0 aromatic heterocycles. The molecule has 0 fully saturated rings. The Morgan fingerprint density at radius 2 is 2.25 bits per heavy atom. The van der Waals surface area contributed by atoms with E-state index in [1.165, 1.54) is 0 Å². The number of allylic oxidation sites excluding steroid dienone is 2. The van der Waals surface area contributed by atoms with E-state index in [4.69, 9.17) is 10.5 Å². The first-order valence-corrected chi connectivity index (χ1v) is 3.86. The summed E-state index contributed by atoms with van der Waals surface area (Å²) >= 11 is 0. The molecule has 12 heavy (non-hydrogen) atoms. The van der Waals surface area contributed by atoms with Crippen molar-refractivity contribution in [1.29, 1.82) is 0 Å².